The van der Waals surface area contributed by atoms with Gasteiger partial charge in [0.05, 0.1) is 37.1 Å². The Labute approximate surface area is 192 Å². The molecule has 1 N–H and O–H groups in total. The zero-order chi connectivity index (χ0) is 22.8. The predicted octanol–water partition coefficient (Wildman–Crippen LogP) is 4.45. The van der Waals surface area contributed by atoms with Gasteiger partial charge in [0.1, 0.15) is 11.5 Å². The number of aliphatic hydroxyl groups excluding tert-OH is 1. The number of nitrogens with zero attached hydrogens (tertiary/aromatic N) is 1. The highest BCUT2D eigenvalue weighted by atomic mass is 79.9. The molecule has 162 valence electrons. The van der Waals surface area contributed by atoms with Crippen LogP contribution in [0.15, 0.2) is 81.4 Å². The molecule has 1 aromatic heterocycles. The van der Waals surface area contributed by atoms with Gasteiger partial charge in [0.25, 0.3) is 11.7 Å². The smallest absolute Gasteiger partial charge is 0.337 e. The topological polar surface area (TPSA) is 97.0 Å². The molecule has 0 spiro atoms. The number of aliphatic hydroxyl groups is 1. The number of likely N-dealkylation sites (tertiary alicyclic amines) is 1. The molecule has 4 rings (SSSR count). The summed E-state index contributed by atoms with van der Waals surface area (Å²) in [5.74, 6) is -1.83. The van der Waals surface area contributed by atoms with Gasteiger partial charge in [-0.15, -0.1) is 0 Å². The highest BCUT2D eigenvalue weighted by molar-refractivity contribution is 9.10. The van der Waals surface area contributed by atoms with Gasteiger partial charge in [0.15, 0.2) is 0 Å². The van der Waals surface area contributed by atoms with E-state index in [1.165, 1.54) is 18.3 Å². The summed E-state index contributed by atoms with van der Waals surface area (Å²) in [4.78, 5) is 39.1. The minimum atomic E-state index is -0.865. The highest BCUT2D eigenvalue weighted by Gasteiger charge is 2.46. The summed E-state index contributed by atoms with van der Waals surface area (Å²) in [5, 5.41) is 11.0. The molecule has 0 saturated carbocycles. The molecule has 1 aliphatic heterocycles. The number of carbonyl (C=O) groups excluding carboxylic acids is 3. The molecule has 2 heterocycles. The number of Topliss-reactive ketones (excluding diaryl/α,β-unsaturated/α-hetero) is 1. The number of ether oxygens (including phenoxy) is 1. The summed E-state index contributed by atoms with van der Waals surface area (Å²) >= 11 is 3.34. The number of carbonyl (C=O) groups is 3. The first-order valence-electron chi connectivity index (χ1n) is 9.65. The van der Waals surface area contributed by atoms with Gasteiger partial charge in [0, 0.05) is 10.0 Å². The lowest BCUT2D eigenvalue weighted by Gasteiger charge is -2.24. The fourth-order valence-electron chi connectivity index (χ4n) is 3.64. The van der Waals surface area contributed by atoms with E-state index >= 15 is 0 Å². The van der Waals surface area contributed by atoms with E-state index in [1.54, 1.807) is 60.7 Å². The van der Waals surface area contributed by atoms with E-state index < -0.39 is 23.7 Å². The lowest BCUT2D eigenvalue weighted by atomic mass is 9.94. The van der Waals surface area contributed by atoms with Gasteiger partial charge in [-0.2, -0.15) is 0 Å². The Kier molecular flexibility index (Phi) is 5.96. The summed E-state index contributed by atoms with van der Waals surface area (Å²) in [7, 11) is 1.28. The van der Waals surface area contributed by atoms with Crippen LogP contribution < -0.4 is 0 Å². The van der Waals surface area contributed by atoms with Crippen LogP contribution in [0.2, 0.25) is 0 Å². The van der Waals surface area contributed by atoms with Crippen LogP contribution in [-0.2, 0) is 20.9 Å². The van der Waals surface area contributed by atoms with Crippen molar-refractivity contribution in [1.82, 2.24) is 4.90 Å². The number of ketones is 1. The monoisotopic (exact) mass is 495 g/mol. The number of esters is 1. The van der Waals surface area contributed by atoms with Crippen molar-refractivity contribution < 1.29 is 28.6 Å². The lowest BCUT2D eigenvalue weighted by molar-refractivity contribution is -0.140. The molecule has 0 aliphatic carbocycles. The van der Waals surface area contributed by atoms with Gasteiger partial charge in [-0.25, -0.2) is 4.79 Å². The van der Waals surface area contributed by atoms with E-state index in [1.807, 2.05) is 0 Å². The number of benzene rings is 2. The summed E-state index contributed by atoms with van der Waals surface area (Å²) in [6.07, 6.45) is 1.48. The molecular formula is C24H18BrNO6. The van der Waals surface area contributed by atoms with Crippen molar-refractivity contribution in [3.63, 3.8) is 0 Å². The number of furan rings is 1. The zero-order valence-electron chi connectivity index (χ0n) is 16.9. The minimum Gasteiger partial charge on any atom is -0.507 e. The third-order valence-corrected chi connectivity index (χ3v) is 5.74. The van der Waals surface area contributed by atoms with Crippen molar-refractivity contribution in [2.75, 3.05) is 7.11 Å². The summed E-state index contributed by atoms with van der Waals surface area (Å²) in [6, 6.07) is 15.6. The van der Waals surface area contributed by atoms with Gasteiger partial charge in [-0.3, -0.25) is 9.59 Å². The fraction of sp³-hybridized carbons (Fsp3) is 0.125. The molecule has 1 aliphatic rings. The molecule has 0 radical (unpaired) electrons. The second kappa shape index (κ2) is 8.84. The molecule has 7 nitrogen and oxygen atoms in total. The minimum absolute atomic E-state index is 0.0327. The van der Waals surface area contributed by atoms with Crippen LogP contribution in [0.1, 0.15) is 33.3 Å². The van der Waals surface area contributed by atoms with E-state index in [4.69, 9.17) is 9.15 Å². The maximum atomic E-state index is 13.0. The van der Waals surface area contributed by atoms with Crippen molar-refractivity contribution in [1.29, 1.82) is 0 Å². The molecular weight excluding hydrogens is 478 g/mol. The van der Waals surface area contributed by atoms with Crippen LogP contribution in [0, 0.1) is 0 Å². The van der Waals surface area contributed by atoms with E-state index in [0.717, 1.165) is 4.47 Å². The Morgan fingerprint density at radius 1 is 1.06 bits per heavy atom. The largest absolute Gasteiger partial charge is 0.507 e. The molecule has 1 atom stereocenters. The Morgan fingerprint density at radius 2 is 1.72 bits per heavy atom. The normalized spacial score (nSPS) is 17.6. The first-order chi connectivity index (χ1) is 15.4. The summed E-state index contributed by atoms with van der Waals surface area (Å²) in [5.41, 5.74) is 1.25. The van der Waals surface area contributed by atoms with E-state index in [0.29, 0.717) is 22.5 Å². The molecule has 0 bridgehead atoms. The van der Waals surface area contributed by atoms with Crippen LogP contribution in [0.25, 0.3) is 5.76 Å². The van der Waals surface area contributed by atoms with Crippen molar-refractivity contribution in [2.45, 2.75) is 12.6 Å². The van der Waals surface area contributed by atoms with Gasteiger partial charge < -0.3 is 19.2 Å². The number of amides is 1. The molecule has 8 heteroatoms. The summed E-state index contributed by atoms with van der Waals surface area (Å²) < 4.78 is 10.9. The Hall–Kier alpha value is -3.65. The van der Waals surface area contributed by atoms with Crippen LogP contribution in [0.3, 0.4) is 0 Å². The Balaban J connectivity index is 1.84. The lowest BCUT2D eigenvalue weighted by Crippen LogP contribution is -2.29. The molecule has 1 amide bonds. The van der Waals surface area contributed by atoms with Gasteiger partial charge >= 0.3 is 5.97 Å². The standard InChI is InChI=1S/C24H18BrNO6/c1-31-24(30)16-6-4-14(5-7-16)20-19(21(27)15-8-10-17(25)11-9-15)22(28)23(29)26(20)13-18-3-2-12-32-18/h2-12,20,27H,13H2,1H3/t20-/m0/s1. The molecule has 32 heavy (non-hydrogen) atoms. The molecule has 2 aromatic carbocycles. The number of hydrogen-bond donors (Lipinski definition) is 1. The van der Waals surface area contributed by atoms with E-state index in [-0.39, 0.29) is 17.9 Å². The van der Waals surface area contributed by atoms with Gasteiger partial charge in [-0.1, -0.05) is 40.2 Å². The molecule has 3 aromatic rings. The van der Waals surface area contributed by atoms with Crippen LogP contribution in [0.4, 0.5) is 0 Å². The number of hydrogen-bond acceptors (Lipinski definition) is 6. The van der Waals surface area contributed by atoms with Crippen molar-refractivity contribution in [3.8, 4) is 0 Å². The average molecular weight is 496 g/mol. The zero-order valence-corrected chi connectivity index (χ0v) is 18.5. The number of rotatable bonds is 5. The second-order valence-electron chi connectivity index (χ2n) is 7.13. The van der Waals surface area contributed by atoms with E-state index in [9.17, 15) is 19.5 Å². The molecule has 0 unspecified atom stereocenters. The van der Waals surface area contributed by atoms with E-state index in [2.05, 4.69) is 15.9 Å². The maximum Gasteiger partial charge on any atom is 0.337 e. The first kappa shape index (κ1) is 21.6. The Bertz CT molecular complexity index is 1200. The maximum absolute atomic E-state index is 13.0. The second-order valence-corrected chi connectivity index (χ2v) is 8.04. The van der Waals surface area contributed by atoms with Gasteiger partial charge in [0.2, 0.25) is 0 Å². The fourth-order valence-corrected chi connectivity index (χ4v) is 3.91. The highest BCUT2D eigenvalue weighted by Crippen LogP contribution is 2.40. The van der Waals surface area contributed by atoms with Gasteiger partial charge in [-0.05, 0) is 42.0 Å². The third-order valence-electron chi connectivity index (χ3n) is 5.21. The predicted molar refractivity (Wildman–Crippen MR) is 118 cm³/mol. The van der Waals surface area contributed by atoms with Crippen LogP contribution in [0.5, 0.6) is 0 Å². The quantitative estimate of drug-likeness (QED) is 0.243. The first-order valence-corrected chi connectivity index (χ1v) is 10.4. The van der Waals surface area contributed by atoms with Crippen molar-refractivity contribution >= 4 is 39.3 Å². The molecule has 1 saturated heterocycles. The van der Waals surface area contributed by atoms with Crippen LogP contribution in [-0.4, -0.2) is 34.8 Å². The average Bonchev–Trinajstić information content (AvgIpc) is 3.41. The number of halogens is 1. The van der Waals surface area contributed by atoms with Crippen molar-refractivity contribution in [3.05, 3.63) is 99.4 Å². The third kappa shape index (κ3) is 3.97. The number of methoxy groups -OCH3 is 1. The van der Waals surface area contributed by atoms with Crippen LogP contribution >= 0.6 is 15.9 Å². The summed E-state index contributed by atoms with van der Waals surface area (Å²) in [6.45, 7) is 0.0398. The molecule has 1 fully saturated rings. The van der Waals surface area contributed by atoms with Crippen molar-refractivity contribution in [2.24, 2.45) is 0 Å². The SMILES string of the molecule is COC(=O)c1ccc([C@H]2C(=C(O)c3ccc(Br)cc3)C(=O)C(=O)N2Cc2ccco2)cc1. The Morgan fingerprint density at radius 3 is 2.31 bits per heavy atom.